The van der Waals surface area contributed by atoms with E-state index in [-0.39, 0.29) is 12.5 Å². The van der Waals surface area contributed by atoms with E-state index in [2.05, 4.69) is 24.9 Å². The van der Waals surface area contributed by atoms with E-state index < -0.39 is 22.1 Å². The number of hydrogen-bond donors (Lipinski definition) is 2. The van der Waals surface area contributed by atoms with E-state index in [0.29, 0.717) is 23.6 Å². The van der Waals surface area contributed by atoms with Gasteiger partial charge in [0.05, 0.1) is 17.9 Å². The Morgan fingerprint density at radius 2 is 2.00 bits per heavy atom. The van der Waals surface area contributed by atoms with Gasteiger partial charge in [-0.3, -0.25) is 14.9 Å². The molecule has 10 heteroatoms. The molecular weight excluding hydrogens is 404 g/mol. The smallest absolute Gasteiger partial charge is 0.256 e. The van der Waals surface area contributed by atoms with Gasteiger partial charge in [0.1, 0.15) is 5.82 Å². The molecule has 1 fully saturated rings. The van der Waals surface area contributed by atoms with Gasteiger partial charge >= 0.3 is 0 Å². The molecule has 30 heavy (non-hydrogen) atoms. The molecule has 3 aromatic rings. The summed E-state index contributed by atoms with van der Waals surface area (Å²) in [5.41, 5.74) is 2.17. The summed E-state index contributed by atoms with van der Waals surface area (Å²) in [5, 5.41) is 7.22. The maximum absolute atomic E-state index is 13.2. The van der Waals surface area contributed by atoms with Gasteiger partial charge in [0.15, 0.2) is 5.82 Å². The molecule has 0 aliphatic carbocycles. The predicted octanol–water partition coefficient (Wildman–Crippen LogP) is 1.68. The van der Waals surface area contributed by atoms with Gasteiger partial charge in [0.25, 0.3) is 5.91 Å². The van der Waals surface area contributed by atoms with Crippen molar-refractivity contribution >= 4 is 15.9 Å². The van der Waals surface area contributed by atoms with Crippen LogP contribution in [0.1, 0.15) is 34.2 Å². The molecule has 1 aliphatic rings. The molecule has 2 unspecified atom stereocenters. The molecule has 156 valence electrons. The number of sulfonamides is 1. The minimum absolute atomic E-state index is 0.228. The number of nitrogens with zero attached hydrogens (tertiary/aromatic N) is 4. The first-order chi connectivity index (χ1) is 14.3. The third-order valence-electron chi connectivity index (χ3n) is 4.91. The summed E-state index contributed by atoms with van der Waals surface area (Å²) in [4.78, 5) is 23.5. The molecule has 0 radical (unpaired) electrons. The van der Waals surface area contributed by atoms with Crippen LogP contribution in [0.5, 0.6) is 0 Å². The number of likely N-dealkylation sites (tertiary alicyclic amines) is 1. The highest BCUT2D eigenvalue weighted by Gasteiger charge is 2.39. The Labute approximate surface area is 174 Å². The van der Waals surface area contributed by atoms with E-state index in [1.54, 1.807) is 17.2 Å². The lowest BCUT2D eigenvalue weighted by Gasteiger charge is -2.22. The number of benzene rings is 1. The Bertz CT molecular complexity index is 1160. The standard InChI is InChI=1S/C20H22N6O3S/c1-13-8-15(11-21-10-13)20(27)26-12-16(25-30(2,28)29)9-17(26)19-22-18(23-24-19)14-6-4-3-5-7-14/h3-8,10-11,16-17,25H,9,12H2,1-2H3,(H,22,23,24). The molecule has 2 aromatic heterocycles. The second-order valence-electron chi connectivity index (χ2n) is 7.46. The van der Waals surface area contributed by atoms with E-state index >= 15 is 0 Å². The molecule has 2 N–H and O–H groups in total. The second-order valence-corrected chi connectivity index (χ2v) is 9.24. The zero-order chi connectivity index (χ0) is 21.3. The average Bonchev–Trinajstić information content (AvgIpc) is 3.34. The van der Waals surface area contributed by atoms with Crippen molar-refractivity contribution in [1.29, 1.82) is 0 Å². The van der Waals surface area contributed by atoms with Crippen LogP contribution in [0, 0.1) is 6.92 Å². The molecular formula is C20H22N6O3S. The lowest BCUT2D eigenvalue weighted by molar-refractivity contribution is 0.0727. The maximum atomic E-state index is 13.2. The molecule has 3 heterocycles. The highest BCUT2D eigenvalue weighted by Crippen LogP contribution is 2.32. The SMILES string of the molecule is Cc1cncc(C(=O)N2CC(NS(C)(=O)=O)CC2c2nc(-c3ccccc3)n[nH]2)c1. The molecule has 1 saturated heterocycles. The summed E-state index contributed by atoms with van der Waals surface area (Å²) in [5.74, 6) is 0.807. The van der Waals surface area contributed by atoms with E-state index in [0.717, 1.165) is 17.4 Å². The molecule has 1 aliphatic heterocycles. The minimum atomic E-state index is -3.42. The summed E-state index contributed by atoms with van der Waals surface area (Å²) in [6.45, 7) is 2.09. The van der Waals surface area contributed by atoms with Crippen LogP contribution < -0.4 is 4.72 Å². The van der Waals surface area contributed by atoms with Gasteiger partial charge in [-0.1, -0.05) is 30.3 Å². The van der Waals surface area contributed by atoms with E-state index in [1.807, 2.05) is 37.3 Å². The van der Waals surface area contributed by atoms with Gasteiger partial charge in [0, 0.05) is 30.5 Å². The lowest BCUT2D eigenvalue weighted by atomic mass is 10.1. The number of nitrogens with one attached hydrogen (secondary N) is 2. The number of hydrogen-bond acceptors (Lipinski definition) is 6. The first kappa shape index (κ1) is 20.2. The normalized spacial score (nSPS) is 19.2. The van der Waals surface area contributed by atoms with Crippen molar-refractivity contribution in [3.05, 3.63) is 65.7 Å². The molecule has 1 aromatic carbocycles. The molecule has 0 bridgehead atoms. The fourth-order valence-corrected chi connectivity index (χ4v) is 4.46. The van der Waals surface area contributed by atoms with Crippen molar-refractivity contribution in [2.45, 2.75) is 25.4 Å². The summed E-state index contributed by atoms with van der Waals surface area (Å²) in [7, 11) is -3.42. The summed E-state index contributed by atoms with van der Waals surface area (Å²) >= 11 is 0. The first-order valence-electron chi connectivity index (χ1n) is 9.48. The third-order valence-corrected chi connectivity index (χ3v) is 5.68. The topological polar surface area (TPSA) is 121 Å². The zero-order valence-electron chi connectivity index (χ0n) is 16.6. The quantitative estimate of drug-likeness (QED) is 0.640. The minimum Gasteiger partial charge on any atom is -0.327 e. The fourth-order valence-electron chi connectivity index (χ4n) is 3.69. The van der Waals surface area contributed by atoms with Crippen LogP contribution in [0.15, 0.2) is 48.8 Å². The van der Waals surface area contributed by atoms with Crippen molar-refractivity contribution in [2.24, 2.45) is 0 Å². The number of aromatic amines is 1. The Kier molecular flexibility index (Phi) is 5.35. The van der Waals surface area contributed by atoms with Gasteiger partial charge in [-0.25, -0.2) is 18.1 Å². The van der Waals surface area contributed by atoms with Crippen molar-refractivity contribution in [1.82, 2.24) is 29.8 Å². The number of carbonyl (C=O) groups is 1. The number of amides is 1. The maximum Gasteiger partial charge on any atom is 0.256 e. The Morgan fingerprint density at radius 1 is 1.23 bits per heavy atom. The largest absolute Gasteiger partial charge is 0.327 e. The Morgan fingerprint density at radius 3 is 2.70 bits per heavy atom. The molecule has 0 saturated carbocycles. The van der Waals surface area contributed by atoms with Crippen molar-refractivity contribution in [3.8, 4) is 11.4 Å². The van der Waals surface area contributed by atoms with Gasteiger partial charge in [0.2, 0.25) is 10.0 Å². The summed E-state index contributed by atoms with van der Waals surface area (Å²) in [6.07, 6.45) is 4.69. The number of pyridine rings is 1. The van der Waals surface area contributed by atoms with Crippen molar-refractivity contribution < 1.29 is 13.2 Å². The molecule has 1 amide bonds. The van der Waals surface area contributed by atoms with E-state index in [1.165, 1.54) is 6.20 Å². The Balaban J connectivity index is 1.66. The second kappa shape index (κ2) is 7.96. The van der Waals surface area contributed by atoms with Crippen molar-refractivity contribution in [3.63, 3.8) is 0 Å². The number of carbonyl (C=O) groups excluding carboxylic acids is 1. The predicted molar refractivity (Wildman–Crippen MR) is 111 cm³/mol. The highest BCUT2D eigenvalue weighted by atomic mass is 32.2. The van der Waals surface area contributed by atoms with Crippen LogP contribution in [0.4, 0.5) is 0 Å². The third kappa shape index (κ3) is 4.39. The molecule has 0 spiro atoms. The number of H-pyrrole nitrogens is 1. The van der Waals surface area contributed by atoms with E-state index in [9.17, 15) is 13.2 Å². The van der Waals surface area contributed by atoms with E-state index in [4.69, 9.17) is 0 Å². The van der Waals surface area contributed by atoms with Gasteiger partial charge in [-0.2, -0.15) is 5.10 Å². The summed E-state index contributed by atoms with van der Waals surface area (Å²) in [6, 6.07) is 10.4. The summed E-state index contributed by atoms with van der Waals surface area (Å²) < 4.78 is 26.1. The van der Waals surface area contributed by atoms with Gasteiger partial charge < -0.3 is 4.90 Å². The molecule has 2 atom stereocenters. The number of rotatable bonds is 5. The van der Waals surface area contributed by atoms with Gasteiger partial charge in [-0.05, 0) is 25.0 Å². The van der Waals surface area contributed by atoms with Crippen LogP contribution in [0.2, 0.25) is 0 Å². The van der Waals surface area contributed by atoms with Crippen LogP contribution in [0.25, 0.3) is 11.4 Å². The zero-order valence-corrected chi connectivity index (χ0v) is 17.4. The van der Waals surface area contributed by atoms with Crippen molar-refractivity contribution in [2.75, 3.05) is 12.8 Å². The average molecular weight is 427 g/mol. The number of aryl methyl sites for hydroxylation is 1. The lowest BCUT2D eigenvalue weighted by Crippen LogP contribution is -2.38. The highest BCUT2D eigenvalue weighted by molar-refractivity contribution is 7.88. The van der Waals surface area contributed by atoms with Gasteiger partial charge in [-0.15, -0.1) is 0 Å². The van der Waals surface area contributed by atoms with Crippen LogP contribution in [-0.2, 0) is 10.0 Å². The molecule has 9 nitrogen and oxygen atoms in total. The van der Waals surface area contributed by atoms with Crippen LogP contribution in [-0.4, -0.2) is 58.2 Å². The van der Waals surface area contributed by atoms with Crippen LogP contribution >= 0.6 is 0 Å². The monoisotopic (exact) mass is 426 g/mol. The Hall–Kier alpha value is -3.11. The fraction of sp³-hybridized carbons (Fsp3) is 0.300. The molecule has 4 rings (SSSR count). The first-order valence-corrected chi connectivity index (χ1v) is 11.4. The number of aromatic nitrogens is 4. The van der Waals surface area contributed by atoms with Crippen LogP contribution in [0.3, 0.4) is 0 Å².